The monoisotopic (exact) mass is 518 g/mol. The fourth-order valence-corrected chi connectivity index (χ4v) is 4.08. The zero-order chi connectivity index (χ0) is 27.7. The molecule has 0 saturated heterocycles. The predicted octanol–water partition coefficient (Wildman–Crippen LogP) is 3.47. The van der Waals surface area contributed by atoms with Crippen LogP contribution >= 0.6 is 0 Å². The number of unbranched alkanes of at least 4 members (excludes halogenated alkanes) is 1. The van der Waals surface area contributed by atoms with Gasteiger partial charge < -0.3 is 26.1 Å². The van der Waals surface area contributed by atoms with Crippen molar-refractivity contribution in [3.63, 3.8) is 0 Å². The molecule has 0 bridgehead atoms. The number of aryl methyl sites for hydroxylation is 2. The number of fused-ring (bicyclic) bond motifs is 1. The molecule has 0 spiro atoms. The molecule has 0 aliphatic carbocycles. The minimum atomic E-state index is -0.299. The number of nitrogens with zero attached hydrogens (tertiary/aromatic N) is 4. The van der Waals surface area contributed by atoms with Gasteiger partial charge in [0, 0.05) is 24.2 Å². The predicted molar refractivity (Wildman–Crippen MR) is 155 cm³/mol. The molecule has 0 saturated carbocycles. The lowest BCUT2D eigenvalue weighted by molar-refractivity contribution is -0.111. The summed E-state index contributed by atoms with van der Waals surface area (Å²) in [4.78, 5) is 18.9. The lowest BCUT2D eigenvalue weighted by Crippen LogP contribution is -2.22. The van der Waals surface area contributed by atoms with Crippen molar-refractivity contribution in [2.45, 2.75) is 26.2 Å². The fourth-order valence-electron chi connectivity index (χ4n) is 4.08. The molecule has 1 heterocycles. The average molecular weight is 519 g/mol. The molecule has 0 aliphatic heterocycles. The van der Waals surface area contributed by atoms with Crippen molar-refractivity contribution in [3.8, 4) is 5.75 Å². The number of aromatic nitrogens is 2. The van der Waals surface area contributed by atoms with Crippen LogP contribution in [0.2, 0.25) is 0 Å². The summed E-state index contributed by atoms with van der Waals surface area (Å²) < 4.78 is 7.71. The zero-order valence-electron chi connectivity index (χ0n) is 22.6. The summed E-state index contributed by atoms with van der Waals surface area (Å²) in [7, 11) is 6.00. The van der Waals surface area contributed by atoms with E-state index < -0.39 is 0 Å². The molecule has 3 rings (SSSR count). The van der Waals surface area contributed by atoms with Gasteiger partial charge in [0.15, 0.2) is 0 Å². The highest BCUT2D eigenvalue weighted by Crippen LogP contribution is 2.35. The number of anilines is 1. The molecule has 38 heavy (non-hydrogen) atoms. The van der Waals surface area contributed by atoms with Crippen molar-refractivity contribution in [2.24, 2.45) is 23.6 Å². The molecule has 6 N–H and O–H groups in total. The second-order valence-corrected chi connectivity index (χ2v) is 9.14. The molecular weight excluding hydrogens is 480 g/mol. The van der Waals surface area contributed by atoms with Crippen molar-refractivity contribution < 1.29 is 9.53 Å². The van der Waals surface area contributed by atoms with Crippen LogP contribution in [0.5, 0.6) is 5.75 Å². The number of nitrogens with one attached hydrogen (secondary N) is 2. The number of nitrogens with two attached hydrogens (primary N) is 2. The van der Waals surface area contributed by atoms with Gasteiger partial charge in [-0.3, -0.25) is 15.3 Å². The number of aliphatic imine (C=N–C) groups is 1. The Morgan fingerprint density at radius 1 is 1.26 bits per heavy atom. The highest BCUT2D eigenvalue weighted by Gasteiger charge is 2.13. The lowest BCUT2D eigenvalue weighted by atomic mass is 10.0. The molecule has 0 radical (unpaired) electrons. The fraction of sp³-hybridized carbons (Fsp3) is 0.321. The van der Waals surface area contributed by atoms with Crippen LogP contribution < -0.4 is 27.1 Å². The largest absolute Gasteiger partial charge is 0.492 e. The number of hydrogen-bond donors (Lipinski definition) is 4. The Kier molecular flexibility index (Phi) is 10.0. The summed E-state index contributed by atoms with van der Waals surface area (Å²) in [5, 5.41) is 8.16. The smallest absolute Gasteiger partial charge is 0.247 e. The second-order valence-electron chi connectivity index (χ2n) is 9.14. The Bertz CT molecular complexity index is 1340. The first-order valence-electron chi connectivity index (χ1n) is 12.6. The van der Waals surface area contributed by atoms with E-state index in [1.807, 2.05) is 38.2 Å². The normalized spacial score (nSPS) is 12.2. The third-order valence-corrected chi connectivity index (χ3v) is 5.98. The highest BCUT2D eigenvalue weighted by atomic mass is 16.5. The molecule has 10 heteroatoms. The number of benzene rings is 2. The number of rotatable bonds is 13. The van der Waals surface area contributed by atoms with E-state index in [9.17, 15) is 4.79 Å². The average Bonchev–Trinajstić information content (AvgIpc) is 3.26. The number of amidine groups is 1. The van der Waals surface area contributed by atoms with Gasteiger partial charge in [-0.2, -0.15) is 5.10 Å². The van der Waals surface area contributed by atoms with Crippen molar-refractivity contribution in [2.75, 3.05) is 32.6 Å². The first kappa shape index (κ1) is 28.4. The van der Waals surface area contributed by atoms with Crippen molar-refractivity contribution in [3.05, 3.63) is 66.4 Å². The van der Waals surface area contributed by atoms with E-state index in [4.69, 9.17) is 16.3 Å². The van der Waals surface area contributed by atoms with E-state index in [1.54, 1.807) is 23.0 Å². The van der Waals surface area contributed by atoms with Gasteiger partial charge in [0.25, 0.3) is 0 Å². The van der Waals surface area contributed by atoms with E-state index in [-0.39, 0.29) is 11.7 Å². The van der Waals surface area contributed by atoms with Gasteiger partial charge in [0.1, 0.15) is 17.3 Å². The van der Waals surface area contributed by atoms with Crippen LogP contribution in [0.3, 0.4) is 0 Å². The van der Waals surface area contributed by atoms with E-state index in [1.165, 1.54) is 6.08 Å². The van der Waals surface area contributed by atoms with E-state index in [0.717, 1.165) is 47.8 Å². The van der Waals surface area contributed by atoms with Gasteiger partial charge in [0.05, 0.1) is 24.0 Å². The van der Waals surface area contributed by atoms with Gasteiger partial charge in [0.2, 0.25) is 5.91 Å². The molecular formula is C28H38N8O2. The third kappa shape index (κ3) is 7.44. The third-order valence-electron chi connectivity index (χ3n) is 5.98. The molecule has 1 amide bonds. The van der Waals surface area contributed by atoms with Crippen molar-refractivity contribution in [1.82, 2.24) is 20.1 Å². The summed E-state index contributed by atoms with van der Waals surface area (Å²) in [6.45, 7) is 6.92. The first-order valence-corrected chi connectivity index (χ1v) is 12.6. The molecule has 0 atom stereocenters. The number of amides is 1. The maximum atomic E-state index is 12.2. The van der Waals surface area contributed by atoms with Crippen molar-refractivity contribution >= 4 is 39.7 Å². The van der Waals surface area contributed by atoms with Gasteiger partial charge in [-0.1, -0.05) is 12.6 Å². The van der Waals surface area contributed by atoms with Crippen LogP contribution in [0.1, 0.15) is 30.9 Å². The molecule has 10 nitrogen and oxygen atoms in total. The summed E-state index contributed by atoms with van der Waals surface area (Å²) in [5.74, 6) is 6.33. The lowest BCUT2D eigenvalue weighted by Gasteiger charge is -2.16. The second kappa shape index (κ2) is 13.4. The minimum absolute atomic E-state index is 0.213. The molecule has 0 aliphatic rings. The zero-order valence-corrected chi connectivity index (χ0v) is 22.6. The van der Waals surface area contributed by atoms with Crippen molar-refractivity contribution in [1.29, 1.82) is 0 Å². The molecule has 1 aromatic heterocycles. The maximum absolute atomic E-state index is 12.2. The Balaban J connectivity index is 1.97. The Hall–Kier alpha value is -4.15. The topological polar surface area (TPSA) is 136 Å². The van der Waals surface area contributed by atoms with Crippen LogP contribution in [-0.4, -0.2) is 53.7 Å². The van der Waals surface area contributed by atoms with E-state index >= 15 is 0 Å². The van der Waals surface area contributed by atoms with Gasteiger partial charge >= 0.3 is 0 Å². The van der Waals surface area contributed by atoms with Gasteiger partial charge in [-0.05, 0) is 88.3 Å². The summed E-state index contributed by atoms with van der Waals surface area (Å²) in [6, 6.07) is 9.58. The SMILES string of the molecule is C=CC(=O)Nc1cc(N=C(N)/C=C(\NN)c2ccc3c(cnn3C)c2)c(OCC)cc1CCCCN(C)C. The number of carbonyl (C=O) groups is 1. The molecule has 0 fully saturated rings. The van der Waals surface area contributed by atoms with Crippen LogP contribution in [0.15, 0.2) is 60.3 Å². The highest BCUT2D eigenvalue weighted by molar-refractivity contribution is 6.02. The number of hydrazine groups is 1. The van der Waals surface area contributed by atoms with Gasteiger partial charge in [-0.25, -0.2) is 4.99 Å². The first-order chi connectivity index (χ1) is 18.2. The maximum Gasteiger partial charge on any atom is 0.247 e. The standard InChI is InChI=1S/C28H38N8O2/c1-6-28(37)33-22-16-24(26(38-7-2)15-19(22)10-8-9-13-35(3)4)32-27(29)17-23(34-30)20-11-12-25-21(14-20)18-31-36(25)5/h6,11-12,14-18,34H,1,7-10,13,30H2,2-5H3,(H2,29,32)(H,33,37)/b23-17-. The Labute approximate surface area is 224 Å². The quantitative estimate of drug-likeness (QED) is 0.0679. The number of hydrogen-bond acceptors (Lipinski definition) is 7. The Morgan fingerprint density at radius 3 is 2.74 bits per heavy atom. The van der Waals surface area contributed by atoms with Crippen LogP contribution in [-0.2, 0) is 18.3 Å². The molecule has 0 unspecified atom stereocenters. The van der Waals surface area contributed by atoms with Crippen LogP contribution in [0, 0.1) is 0 Å². The Morgan fingerprint density at radius 2 is 2.05 bits per heavy atom. The van der Waals surface area contributed by atoms with E-state index in [2.05, 4.69) is 46.4 Å². The summed E-state index contributed by atoms with van der Waals surface area (Å²) in [6.07, 6.45) is 7.46. The molecule has 202 valence electrons. The molecule has 2 aromatic carbocycles. The van der Waals surface area contributed by atoms with Gasteiger partial charge in [-0.15, -0.1) is 0 Å². The number of carbonyl (C=O) groups excluding carboxylic acids is 1. The summed E-state index contributed by atoms with van der Waals surface area (Å²) in [5.41, 5.74) is 13.6. The van der Waals surface area contributed by atoms with Crippen LogP contribution in [0.4, 0.5) is 11.4 Å². The molecule has 3 aromatic rings. The summed E-state index contributed by atoms with van der Waals surface area (Å²) >= 11 is 0. The van der Waals surface area contributed by atoms with E-state index in [0.29, 0.717) is 29.4 Å². The number of ether oxygens (including phenoxy) is 1. The van der Waals surface area contributed by atoms with Crippen LogP contribution in [0.25, 0.3) is 16.6 Å². The minimum Gasteiger partial charge on any atom is -0.492 e.